The van der Waals surface area contributed by atoms with Crippen LogP contribution in [-0.4, -0.2) is 23.6 Å². The molecular weight excluding hydrogens is 332 g/mol. The molecule has 1 atom stereocenters. The lowest BCUT2D eigenvalue weighted by Gasteiger charge is -2.21. The fraction of sp³-hybridized carbons (Fsp3) is 0.467. The molecule has 0 fully saturated rings. The Balaban J connectivity index is 2.76. The van der Waals surface area contributed by atoms with Crippen molar-refractivity contribution in [3.8, 4) is 0 Å². The Bertz CT molecular complexity index is 624. The van der Waals surface area contributed by atoms with E-state index in [0.29, 0.717) is 12.1 Å². The van der Waals surface area contributed by atoms with Gasteiger partial charge in [-0.1, -0.05) is 0 Å². The molecule has 1 aromatic rings. The number of ether oxygens (including phenoxy) is 1. The number of benzene rings is 1. The van der Waals surface area contributed by atoms with Crippen LogP contribution in [0.25, 0.3) is 0 Å². The first-order chi connectivity index (χ1) is 10.8. The molecule has 0 radical (unpaired) electrons. The fourth-order valence-corrected chi connectivity index (χ4v) is 1.62. The smallest absolute Gasteiger partial charge is 0.419 e. The van der Waals surface area contributed by atoms with Gasteiger partial charge in [0, 0.05) is 5.69 Å². The molecule has 134 valence electrons. The van der Waals surface area contributed by atoms with Gasteiger partial charge < -0.3 is 15.4 Å². The van der Waals surface area contributed by atoms with Crippen LogP contribution in [0.3, 0.4) is 0 Å². The monoisotopic (exact) mass is 350 g/mol. The van der Waals surface area contributed by atoms with Gasteiger partial charge in [0.05, 0.1) is 5.56 Å². The molecule has 0 aliphatic heterocycles. The van der Waals surface area contributed by atoms with Gasteiger partial charge in [0.2, 0.25) is 5.91 Å². The summed E-state index contributed by atoms with van der Waals surface area (Å²) in [6, 6.07) is 1.000. The molecular formula is C15H18F4N2O3. The normalized spacial score (nSPS) is 13.2. The molecule has 9 heteroatoms. The first-order valence-electron chi connectivity index (χ1n) is 6.97. The van der Waals surface area contributed by atoms with E-state index < -0.39 is 41.2 Å². The Kier molecular flexibility index (Phi) is 5.80. The van der Waals surface area contributed by atoms with Crippen molar-refractivity contribution in [2.75, 3.05) is 5.32 Å². The summed E-state index contributed by atoms with van der Waals surface area (Å²) in [7, 11) is 0. The average molecular weight is 350 g/mol. The van der Waals surface area contributed by atoms with E-state index in [2.05, 4.69) is 10.6 Å². The fourth-order valence-electron chi connectivity index (χ4n) is 1.62. The van der Waals surface area contributed by atoms with Crippen LogP contribution in [0.4, 0.5) is 28.0 Å². The van der Waals surface area contributed by atoms with Gasteiger partial charge in [0.1, 0.15) is 17.5 Å². The molecule has 2 amide bonds. The van der Waals surface area contributed by atoms with E-state index in [0.717, 1.165) is 6.07 Å². The molecule has 24 heavy (non-hydrogen) atoms. The highest BCUT2D eigenvalue weighted by Crippen LogP contribution is 2.33. The molecule has 5 nitrogen and oxygen atoms in total. The van der Waals surface area contributed by atoms with Crippen LogP contribution in [0.1, 0.15) is 33.3 Å². The zero-order chi connectivity index (χ0) is 18.7. The lowest BCUT2D eigenvalue weighted by molar-refractivity contribution is -0.140. The Labute approximate surface area is 136 Å². The standard InChI is InChI=1S/C15H18F4N2O3/c1-8(20-13(23)24-14(2,3)4)12(22)21-9-5-6-11(16)10(7-9)15(17,18)19/h5-8H,1-4H3,(H,20,23)(H,21,22)/t8-/m0/s1. The quantitative estimate of drug-likeness (QED) is 0.817. The van der Waals surface area contributed by atoms with Crippen LogP contribution in [-0.2, 0) is 15.7 Å². The minimum Gasteiger partial charge on any atom is -0.444 e. The third-order valence-electron chi connectivity index (χ3n) is 2.67. The summed E-state index contributed by atoms with van der Waals surface area (Å²) >= 11 is 0. The van der Waals surface area contributed by atoms with E-state index in [4.69, 9.17) is 4.74 Å². The van der Waals surface area contributed by atoms with Gasteiger partial charge in [-0.15, -0.1) is 0 Å². The maximum absolute atomic E-state index is 13.2. The van der Waals surface area contributed by atoms with E-state index in [1.807, 2.05) is 0 Å². The van der Waals surface area contributed by atoms with E-state index in [9.17, 15) is 27.2 Å². The molecule has 1 rings (SSSR count). The molecule has 0 bridgehead atoms. The maximum Gasteiger partial charge on any atom is 0.419 e. The largest absolute Gasteiger partial charge is 0.444 e. The van der Waals surface area contributed by atoms with Crippen molar-refractivity contribution >= 4 is 17.7 Å². The predicted octanol–water partition coefficient (Wildman–Crippen LogP) is 3.70. The molecule has 0 unspecified atom stereocenters. The average Bonchev–Trinajstić information content (AvgIpc) is 2.37. The van der Waals surface area contributed by atoms with Crippen molar-refractivity contribution in [1.82, 2.24) is 5.32 Å². The molecule has 0 aromatic heterocycles. The van der Waals surface area contributed by atoms with Gasteiger partial charge in [-0.05, 0) is 45.9 Å². The lowest BCUT2D eigenvalue weighted by atomic mass is 10.1. The summed E-state index contributed by atoms with van der Waals surface area (Å²) in [5.41, 5.74) is -2.50. The molecule has 0 aliphatic rings. The van der Waals surface area contributed by atoms with Gasteiger partial charge in [0.15, 0.2) is 0 Å². The highest BCUT2D eigenvalue weighted by atomic mass is 19.4. The first-order valence-corrected chi connectivity index (χ1v) is 6.97. The topological polar surface area (TPSA) is 67.4 Å². The summed E-state index contributed by atoms with van der Waals surface area (Å²) in [6.45, 7) is 6.23. The van der Waals surface area contributed by atoms with Crippen molar-refractivity contribution in [1.29, 1.82) is 0 Å². The van der Waals surface area contributed by atoms with Crippen molar-refractivity contribution in [2.45, 2.75) is 45.5 Å². The van der Waals surface area contributed by atoms with Crippen molar-refractivity contribution in [3.63, 3.8) is 0 Å². The number of hydrogen-bond donors (Lipinski definition) is 2. The molecule has 0 saturated heterocycles. The van der Waals surface area contributed by atoms with Crippen molar-refractivity contribution in [2.24, 2.45) is 0 Å². The van der Waals surface area contributed by atoms with E-state index in [-0.39, 0.29) is 5.69 Å². The SMILES string of the molecule is C[C@H](NC(=O)OC(C)(C)C)C(=O)Nc1ccc(F)c(C(F)(F)F)c1. The third-order valence-corrected chi connectivity index (χ3v) is 2.67. The number of rotatable bonds is 3. The first kappa shape index (κ1) is 19.7. The van der Waals surface area contributed by atoms with E-state index >= 15 is 0 Å². The second-order valence-electron chi connectivity index (χ2n) is 6.05. The van der Waals surface area contributed by atoms with E-state index in [1.54, 1.807) is 20.8 Å². The number of hydrogen-bond acceptors (Lipinski definition) is 3. The zero-order valence-corrected chi connectivity index (χ0v) is 13.5. The van der Waals surface area contributed by atoms with Crippen molar-refractivity contribution in [3.05, 3.63) is 29.6 Å². The maximum atomic E-state index is 13.2. The number of carbonyl (C=O) groups is 2. The second kappa shape index (κ2) is 7.06. The molecule has 2 N–H and O–H groups in total. The molecule has 0 aliphatic carbocycles. The molecule has 1 aromatic carbocycles. The second-order valence-corrected chi connectivity index (χ2v) is 6.05. The molecule has 0 spiro atoms. The van der Waals surface area contributed by atoms with Crippen LogP contribution in [0.2, 0.25) is 0 Å². The van der Waals surface area contributed by atoms with Gasteiger partial charge in [-0.25, -0.2) is 9.18 Å². The molecule has 0 heterocycles. The summed E-state index contributed by atoms with van der Waals surface area (Å²) < 4.78 is 56.0. The summed E-state index contributed by atoms with van der Waals surface area (Å²) in [6.07, 6.45) is -5.73. The van der Waals surface area contributed by atoms with Gasteiger partial charge in [0.25, 0.3) is 0 Å². The summed E-state index contributed by atoms with van der Waals surface area (Å²) in [5, 5.41) is 4.42. The molecule has 0 saturated carbocycles. The predicted molar refractivity (Wildman–Crippen MR) is 78.9 cm³/mol. The Hall–Kier alpha value is -2.32. The zero-order valence-electron chi connectivity index (χ0n) is 13.5. The number of halogens is 4. The summed E-state index contributed by atoms with van der Waals surface area (Å²) in [5.74, 6) is -2.22. The van der Waals surface area contributed by atoms with Crippen LogP contribution >= 0.6 is 0 Å². The number of alkyl carbamates (subject to hydrolysis) is 1. The third kappa shape index (κ3) is 6.05. The van der Waals surface area contributed by atoms with Crippen LogP contribution in [0.15, 0.2) is 18.2 Å². The number of nitrogens with one attached hydrogen (secondary N) is 2. The van der Waals surface area contributed by atoms with Gasteiger partial charge in [-0.2, -0.15) is 13.2 Å². The van der Waals surface area contributed by atoms with Crippen LogP contribution in [0, 0.1) is 5.82 Å². The highest BCUT2D eigenvalue weighted by molar-refractivity contribution is 5.96. The number of anilines is 1. The van der Waals surface area contributed by atoms with Gasteiger partial charge in [-0.3, -0.25) is 4.79 Å². The Morgan fingerprint density at radius 2 is 1.75 bits per heavy atom. The Morgan fingerprint density at radius 3 is 2.25 bits per heavy atom. The van der Waals surface area contributed by atoms with E-state index in [1.165, 1.54) is 6.92 Å². The minimum atomic E-state index is -4.88. The Morgan fingerprint density at radius 1 is 1.17 bits per heavy atom. The number of amides is 2. The van der Waals surface area contributed by atoms with Crippen LogP contribution < -0.4 is 10.6 Å². The van der Waals surface area contributed by atoms with Crippen molar-refractivity contribution < 1.29 is 31.9 Å². The minimum absolute atomic E-state index is 0.244. The summed E-state index contributed by atoms with van der Waals surface area (Å²) in [4.78, 5) is 23.4. The highest BCUT2D eigenvalue weighted by Gasteiger charge is 2.34. The number of carbonyl (C=O) groups excluding carboxylic acids is 2. The van der Waals surface area contributed by atoms with Crippen LogP contribution in [0.5, 0.6) is 0 Å². The number of alkyl halides is 3. The van der Waals surface area contributed by atoms with Gasteiger partial charge >= 0.3 is 12.3 Å². The lowest BCUT2D eigenvalue weighted by Crippen LogP contribution is -2.44.